The van der Waals surface area contributed by atoms with E-state index in [9.17, 15) is 9.90 Å². The van der Waals surface area contributed by atoms with Gasteiger partial charge in [-0.25, -0.2) is 4.79 Å². The molecule has 0 aromatic rings. The zero-order valence-corrected chi connectivity index (χ0v) is 14.3. The van der Waals surface area contributed by atoms with E-state index in [2.05, 4.69) is 5.16 Å². The molecule has 0 aromatic carbocycles. The Morgan fingerprint density at radius 2 is 1.83 bits per heavy atom. The lowest BCUT2D eigenvalue weighted by molar-refractivity contribution is -0.455. The molecule has 2 N–H and O–H groups in total. The van der Waals surface area contributed by atoms with Gasteiger partial charge in [0.05, 0.1) is 30.3 Å². The number of carbonyl (C=O) groups is 1. The number of piperidine rings is 1. The number of methoxy groups -OCH3 is 2. The van der Waals surface area contributed by atoms with Gasteiger partial charge in [-0.15, -0.1) is 5.16 Å². The molecule has 1 spiro atoms. The lowest BCUT2D eigenvalue weighted by atomic mass is 9.82. The smallest absolute Gasteiger partial charge is 0.407 e. The van der Waals surface area contributed by atoms with E-state index in [1.807, 2.05) is 0 Å². The molecule has 2 aliphatic heterocycles. The average molecular weight is 344 g/mol. The van der Waals surface area contributed by atoms with E-state index >= 15 is 0 Å². The molecule has 24 heavy (non-hydrogen) atoms. The summed E-state index contributed by atoms with van der Waals surface area (Å²) in [7, 11) is 2.98. The Bertz CT molecular complexity index is 552. The second-order valence-electron chi connectivity index (χ2n) is 6.83. The van der Waals surface area contributed by atoms with Crippen LogP contribution >= 0.6 is 0 Å². The number of fused-ring (bicyclic) bond motifs is 1. The molecule has 3 fully saturated rings. The van der Waals surface area contributed by atoms with Crippen molar-refractivity contribution in [1.82, 2.24) is 4.90 Å². The van der Waals surface area contributed by atoms with Gasteiger partial charge in [0, 0.05) is 14.2 Å². The van der Waals surface area contributed by atoms with Crippen molar-refractivity contribution in [3.05, 3.63) is 0 Å². The van der Waals surface area contributed by atoms with Gasteiger partial charge in [0.2, 0.25) is 11.6 Å². The number of hydrogen-bond donors (Lipinski definition) is 2. The number of ether oxygens (including phenoxy) is 4. The highest BCUT2D eigenvalue weighted by Crippen LogP contribution is 2.55. The molecule has 1 amide bonds. The first-order chi connectivity index (χ1) is 11.3. The molecule has 2 heterocycles. The predicted molar refractivity (Wildman–Crippen MR) is 81.0 cm³/mol. The topological polar surface area (TPSA) is 110 Å². The molecule has 136 valence electrons. The maximum atomic E-state index is 11.7. The van der Waals surface area contributed by atoms with E-state index < -0.39 is 41.3 Å². The minimum Gasteiger partial charge on any atom is -0.465 e. The van der Waals surface area contributed by atoms with Crippen LogP contribution in [0.15, 0.2) is 5.16 Å². The third-order valence-electron chi connectivity index (χ3n) is 5.80. The number of oxime groups is 1. The van der Waals surface area contributed by atoms with Crippen molar-refractivity contribution in [3.63, 3.8) is 0 Å². The van der Waals surface area contributed by atoms with Crippen molar-refractivity contribution in [2.75, 3.05) is 20.8 Å². The normalized spacial score (nSPS) is 43.8. The molecule has 1 aliphatic carbocycles. The van der Waals surface area contributed by atoms with Gasteiger partial charge in [0.15, 0.2) is 0 Å². The standard InChI is InChI=1S/C15H24N2O7/c1-13(21-3)14(2,22-4)24-11-9(7-16-20)15(5-6-15)17(12(18)19)8-10(11)23-13/h7,9-11,20H,5-6,8H2,1-4H3,(H,18,19). The Balaban J connectivity index is 1.99. The van der Waals surface area contributed by atoms with E-state index in [-0.39, 0.29) is 6.54 Å². The Morgan fingerprint density at radius 1 is 1.25 bits per heavy atom. The third-order valence-corrected chi connectivity index (χ3v) is 5.80. The van der Waals surface area contributed by atoms with E-state index in [1.165, 1.54) is 25.3 Å². The third kappa shape index (κ3) is 2.22. The maximum absolute atomic E-state index is 11.7. The number of nitrogens with zero attached hydrogens (tertiary/aromatic N) is 2. The van der Waals surface area contributed by atoms with E-state index in [0.29, 0.717) is 12.8 Å². The van der Waals surface area contributed by atoms with Crippen LogP contribution in [-0.2, 0) is 18.9 Å². The highest BCUT2D eigenvalue weighted by atomic mass is 16.8. The monoisotopic (exact) mass is 344 g/mol. The van der Waals surface area contributed by atoms with Crippen molar-refractivity contribution < 1.29 is 34.1 Å². The summed E-state index contributed by atoms with van der Waals surface area (Å²) < 4.78 is 23.3. The highest BCUT2D eigenvalue weighted by Gasteiger charge is 2.68. The van der Waals surface area contributed by atoms with E-state index in [0.717, 1.165) is 0 Å². The predicted octanol–water partition coefficient (Wildman–Crippen LogP) is 1.10. The van der Waals surface area contributed by atoms with Crippen LogP contribution in [0.2, 0.25) is 0 Å². The van der Waals surface area contributed by atoms with Crippen LogP contribution in [-0.4, -0.2) is 77.6 Å². The quantitative estimate of drug-likeness (QED) is 0.448. The first kappa shape index (κ1) is 17.4. The largest absolute Gasteiger partial charge is 0.465 e. The SMILES string of the molecule is COC1(C)OC2CN(C(=O)O)C3(CC3)C(C=NO)C2OC1(C)OC. The fraction of sp³-hybridized carbons (Fsp3) is 0.867. The van der Waals surface area contributed by atoms with Gasteiger partial charge in [0.1, 0.15) is 6.10 Å². The van der Waals surface area contributed by atoms with Crippen molar-refractivity contribution in [2.24, 2.45) is 11.1 Å². The molecular weight excluding hydrogens is 320 g/mol. The van der Waals surface area contributed by atoms with Crippen molar-refractivity contribution in [2.45, 2.75) is 56.0 Å². The van der Waals surface area contributed by atoms with Crippen molar-refractivity contribution in [1.29, 1.82) is 0 Å². The Kier molecular flexibility index (Phi) is 4.03. The van der Waals surface area contributed by atoms with Gasteiger partial charge in [0.25, 0.3) is 0 Å². The molecular formula is C15H24N2O7. The number of amides is 1. The summed E-state index contributed by atoms with van der Waals surface area (Å²) in [4.78, 5) is 13.1. The molecule has 9 nitrogen and oxygen atoms in total. The highest BCUT2D eigenvalue weighted by molar-refractivity contribution is 5.72. The van der Waals surface area contributed by atoms with Gasteiger partial charge in [-0.1, -0.05) is 0 Å². The molecule has 3 rings (SSSR count). The van der Waals surface area contributed by atoms with Gasteiger partial charge < -0.3 is 29.3 Å². The summed E-state index contributed by atoms with van der Waals surface area (Å²) in [5.41, 5.74) is -0.613. The summed E-state index contributed by atoms with van der Waals surface area (Å²) in [5, 5.41) is 21.8. The number of hydrogen-bond acceptors (Lipinski definition) is 7. The molecule has 2 saturated heterocycles. The summed E-state index contributed by atoms with van der Waals surface area (Å²) in [6, 6.07) is 0. The first-order valence-electron chi connectivity index (χ1n) is 7.91. The van der Waals surface area contributed by atoms with Crippen LogP contribution in [0.4, 0.5) is 4.79 Å². The number of likely N-dealkylation sites (tertiary alicyclic amines) is 1. The zero-order chi connectivity index (χ0) is 17.8. The van der Waals surface area contributed by atoms with E-state index in [1.54, 1.807) is 13.8 Å². The number of carboxylic acid groups (broad SMARTS) is 1. The minimum atomic E-state index is -1.21. The molecule has 1 saturated carbocycles. The molecule has 9 heteroatoms. The van der Waals surface area contributed by atoms with Crippen LogP contribution in [0.25, 0.3) is 0 Å². The Morgan fingerprint density at radius 3 is 2.29 bits per heavy atom. The van der Waals surface area contributed by atoms with Gasteiger partial charge in [-0.3, -0.25) is 4.90 Å². The van der Waals surface area contributed by atoms with Crippen LogP contribution in [0, 0.1) is 5.92 Å². The average Bonchev–Trinajstić information content (AvgIpc) is 3.33. The van der Waals surface area contributed by atoms with Crippen LogP contribution < -0.4 is 0 Å². The second kappa shape index (κ2) is 5.55. The van der Waals surface area contributed by atoms with Crippen molar-refractivity contribution in [3.8, 4) is 0 Å². The molecule has 5 atom stereocenters. The fourth-order valence-electron chi connectivity index (χ4n) is 3.96. The lowest BCUT2D eigenvalue weighted by Gasteiger charge is -2.57. The summed E-state index contributed by atoms with van der Waals surface area (Å²) in [6.45, 7) is 3.56. The van der Waals surface area contributed by atoms with Crippen LogP contribution in [0.3, 0.4) is 0 Å². The molecule has 0 aromatic heterocycles. The first-order valence-corrected chi connectivity index (χ1v) is 7.91. The van der Waals surface area contributed by atoms with Crippen molar-refractivity contribution >= 4 is 12.3 Å². The lowest BCUT2D eigenvalue weighted by Crippen LogP contribution is -2.73. The molecule has 5 unspecified atom stereocenters. The maximum Gasteiger partial charge on any atom is 0.407 e. The molecule has 0 bridgehead atoms. The Hall–Kier alpha value is -1.42. The Labute approximate surface area is 140 Å². The summed E-state index contributed by atoms with van der Waals surface area (Å²) in [6.07, 6.45) is 0.622. The number of rotatable bonds is 3. The van der Waals surface area contributed by atoms with Gasteiger partial charge >= 0.3 is 6.09 Å². The summed E-state index contributed by atoms with van der Waals surface area (Å²) >= 11 is 0. The molecule has 3 aliphatic rings. The van der Waals surface area contributed by atoms with Gasteiger partial charge in [-0.05, 0) is 26.7 Å². The zero-order valence-electron chi connectivity index (χ0n) is 14.3. The van der Waals surface area contributed by atoms with Crippen LogP contribution in [0.5, 0.6) is 0 Å². The van der Waals surface area contributed by atoms with Crippen LogP contribution in [0.1, 0.15) is 26.7 Å². The minimum absolute atomic E-state index is 0.161. The van der Waals surface area contributed by atoms with E-state index in [4.69, 9.17) is 24.2 Å². The summed E-state index contributed by atoms with van der Waals surface area (Å²) in [5.74, 6) is -2.83. The fourth-order valence-corrected chi connectivity index (χ4v) is 3.96. The second-order valence-corrected chi connectivity index (χ2v) is 6.83. The van der Waals surface area contributed by atoms with Gasteiger partial charge in [-0.2, -0.15) is 0 Å². The molecule has 0 radical (unpaired) electrons.